The molecule has 2 rings (SSSR count). The maximum absolute atomic E-state index is 10.7. The Kier molecular flexibility index (Phi) is 5.56. The zero-order valence-corrected chi connectivity index (χ0v) is 12.8. The van der Waals surface area contributed by atoms with Gasteiger partial charge in [-0.15, -0.1) is 0 Å². The van der Waals surface area contributed by atoms with Gasteiger partial charge in [-0.3, -0.25) is 10.1 Å². The molecule has 0 saturated heterocycles. The first kappa shape index (κ1) is 15.8. The highest BCUT2D eigenvalue weighted by Gasteiger charge is 2.19. The fourth-order valence-corrected chi connectivity index (χ4v) is 2.81. The Bertz CT molecular complexity index is 499. The second kappa shape index (κ2) is 7.41. The lowest BCUT2D eigenvalue weighted by Gasteiger charge is -2.25. The minimum absolute atomic E-state index is 0.193. The van der Waals surface area contributed by atoms with Crippen molar-refractivity contribution in [2.24, 2.45) is 5.92 Å². The maximum Gasteiger partial charge on any atom is 0.433 e. The third-order valence-electron chi connectivity index (χ3n) is 3.96. The van der Waals surface area contributed by atoms with Crippen molar-refractivity contribution >= 4 is 12.0 Å². The van der Waals surface area contributed by atoms with Crippen LogP contribution in [0.3, 0.4) is 0 Å². The van der Waals surface area contributed by atoms with E-state index in [-0.39, 0.29) is 5.88 Å². The fraction of sp³-hybridized carbons (Fsp3) is 0.625. The molecular weight excluding hydrogens is 268 g/mol. The molecule has 1 heterocycles. The van der Waals surface area contributed by atoms with Crippen molar-refractivity contribution < 1.29 is 9.34 Å². The molecule has 0 aliphatic heterocycles. The minimum Gasteiger partial charge on any atom is -0.401 e. The molecule has 5 heteroatoms. The van der Waals surface area contributed by atoms with Gasteiger partial charge in [0.15, 0.2) is 0 Å². The van der Waals surface area contributed by atoms with Crippen molar-refractivity contribution in [1.29, 1.82) is 0 Å². The summed E-state index contributed by atoms with van der Waals surface area (Å²) in [6.45, 7) is 5.06. The molecule has 1 saturated carbocycles. The van der Waals surface area contributed by atoms with E-state index in [0.29, 0.717) is 17.7 Å². The zero-order chi connectivity index (χ0) is 15.2. The summed E-state index contributed by atoms with van der Waals surface area (Å²) in [6.07, 6.45) is 8.23. The van der Waals surface area contributed by atoms with Gasteiger partial charge in [0.1, 0.15) is 10.7 Å². The Labute approximate surface area is 125 Å². The van der Waals surface area contributed by atoms with Crippen LogP contribution in [0.4, 0.5) is 5.88 Å². The third-order valence-corrected chi connectivity index (χ3v) is 3.96. The predicted molar refractivity (Wildman–Crippen MR) is 83.1 cm³/mol. The number of hydrogen-bond donors (Lipinski definition) is 1. The summed E-state index contributed by atoms with van der Waals surface area (Å²) in [5.74, 6) is 0.947. The number of furan rings is 1. The first-order valence-electron chi connectivity index (χ1n) is 7.74. The molecule has 0 amide bonds. The molecular formula is C16H24N2O3. The van der Waals surface area contributed by atoms with E-state index in [4.69, 9.17) is 4.42 Å². The number of nitrogens with zero attached hydrogens (tertiary/aromatic N) is 1. The summed E-state index contributed by atoms with van der Waals surface area (Å²) >= 11 is 0. The summed E-state index contributed by atoms with van der Waals surface area (Å²) in [5.41, 5.74) is 1.30. The molecule has 0 aromatic carbocycles. The smallest absolute Gasteiger partial charge is 0.401 e. The Morgan fingerprint density at radius 3 is 2.71 bits per heavy atom. The monoisotopic (exact) mass is 292 g/mol. The third kappa shape index (κ3) is 4.70. The molecule has 5 nitrogen and oxygen atoms in total. The van der Waals surface area contributed by atoms with Gasteiger partial charge in [-0.05, 0) is 36.5 Å². The van der Waals surface area contributed by atoms with Gasteiger partial charge in [0.2, 0.25) is 0 Å². The molecule has 1 N–H and O–H groups in total. The minimum atomic E-state index is -0.496. The van der Waals surface area contributed by atoms with Gasteiger partial charge in [-0.2, -0.15) is 0 Å². The Hall–Kier alpha value is -1.62. The summed E-state index contributed by atoms with van der Waals surface area (Å²) in [5, 5.41) is 14.1. The molecule has 0 spiro atoms. The number of nitro groups is 1. The van der Waals surface area contributed by atoms with E-state index in [0.717, 1.165) is 6.54 Å². The van der Waals surface area contributed by atoms with Crippen LogP contribution >= 0.6 is 0 Å². The van der Waals surface area contributed by atoms with Crippen molar-refractivity contribution in [3.63, 3.8) is 0 Å². The quantitative estimate of drug-likeness (QED) is 0.631. The number of rotatable bonds is 6. The van der Waals surface area contributed by atoms with Crippen LogP contribution in [0.5, 0.6) is 0 Å². The lowest BCUT2D eigenvalue weighted by atomic mass is 9.83. The first-order valence-corrected chi connectivity index (χ1v) is 7.74. The van der Waals surface area contributed by atoms with Gasteiger partial charge in [0, 0.05) is 12.6 Å². The van der Waals surface area contributed by atoms with Gasteiger partial charge in [-0.25, -0.2) is 0 Å². The number of hydrogen-bond acceptors (Lipinski definition) is 4. The van der Waals surface area contributed by atoms with E-state index in [2.05, 4.69) is 19.2 Å². The molecule has 0 bridgehead atoms. The van der Waals surface area contributed by atoms with E-state index >= 15 is 0 Å². The second-order valence-electron chi connectivity index (χ2n) is 6.02. The van der Waals surface area contributed by atoms with Crippen molar-refractivity contribution in [2.45, 2.75) is 52.0 Å². The Morgan fingerprint density at radius 2 is 2.14 bits per heavy atom. The highest BCUT2D eigenvalue weighted by molar-refractivity contribution is 5.50. The Morgan fingerprint density at radius 1 is 1.43 bits per heavy atom. The maximum atomic E-state index is 10.7. The van der Waals surface area contributed by atoms with Gasteiger partial charge >= 0.3 is 5.88 Å². The van der Waals surface area contributed by atoms with Gasteiger partial charge < -0.3 is 9.73 Å². The lowest BCUT2D eigenvalue weighted by Crippen LogP contribution is -2.27. The van der Waals surface area contributed by atoms with Crippen molar-refractivity contribution in [3.05, 3.63) is 33.6 Å². The Balaban J connectivity index is 2.15. The summed E-state index contributed by atoms with van der Waals surface area (Å²) in [7, 11) is 0. The topological polar surface area (TPSA) is 68.3 Å². The second-order valence-corrected chi connectivity index (χ2v) is 6.02. The molecule has 1 aliphatic carbocycles. The van der Waals surface area contributed by atoms with Crippen LogP contribution in [0.15, 0.2) is 22.1 Å². The molecule has 1 aromatic rings. The molecule has 116 valence electrons. The summed E-state index contributed by atoms with van der Waals surface area (Å²) in [6, 6.07) is 3.51. The van der Waals surface area contributed by atoms with E-state index < -0.39 is 4.92 Å². The van der Waals surface area contributed by atoms with Crippen LogP contribution in [-0.4, -0.2) is 17.5 Å². The number of nitrogens with one attached hydrogen (secondary N) is 1. The van der Waals surface area contributed by atoms with Crippen LogP contribution < -0.4 is 5.32 Å². The van der Waals surface area contributed by atoms with Crippen molar-refractivity contribution in [2.75, 3.05) is 6.54 Å². The van der Waals surface area contributed by atoms with Gasteiger partial charge in [0.25, 0.3) is 0 Å². The predicted octanol–water partition coefficient (Wildman–Crippen LogP) is 4.15. The molecule has 0 atom stereocenters. The summed E-state index contributed by atoms with van der Waals surface area (Å²) < 4.78 is 5.27. The molecule has 21 heavy (non-hydrogen) atoms. The summed E-state index contributed by atoms with van der Waals surface area (Å²) in [4.78, 5) is 10.2. The van der Waals surface area contributed by atoms with E-state index in [1.807, 2.05) is 6.08 Å². The fourth-order valence-electron chi connectivity index (χ4n) is 2.81. The molecule has 0 radical (unpaired) electrons. The molecule has 0 unspecified atom stereocenters. The highest BCUT2D eigenvalue weighted by atomic mass is 16.6. The van der Waals surface area contributed by atoms with Crippen LogP contribution in [0.25, 0.3) is 6.08 Å². The normalized spacial score (nSPS) is 17.4. The standard InChI is InChI=1S/C16H24N2O3/c1-12(2)17-11-14(13-6-4-3-5-7-13)10-15-8-9-16(21-15)18(19)20/h8-10,12-13,17H,3-7,11H2,1-2H3/b14-10-. The van der Waals surface area contributed by atoms with Crippen LogP contribution in [0, 0.1) is 16.0 Å². The molecule has 1 aliphatic rings. The van der Waals surface area contributed by atoms with Crippen LogP contribution in [0.2, 0.25) is 0 Å². The first-order chi connectivity index (χ1) is 10.1. The van der Waals surface area contributed by atoms with Crippen molar-refractivity contribution in [1.82, 2.24) is 5.32 Å². The van der Waals surface area contributed by atoms with E-state index in [1.54, 1.807) is 6.07 Å². The SMILES string of the molecule is CC(C)NC/C(=C/c1ccc([N+](=O)[O-])o1)C1CCCCC1. The lowest BCUT2D eigenvalue weighted by molar-refractivity contribution is -0.402. The largest absolute Gasteiger partial charge is 0.433 e. The average molecular weight is 292 g/mol. The molecule has 1 aromatic heterocycles. The highest BCUT2D eigenvalue weighted by Crippen LogP contribution is 2.31. The molecule has 1 fully saturated rings. The van der Waals surface area contributed by atoms with Gasteiger partial charge in [0.05, 0.1) is 6.07 Å². The van der Waals surface area contributed by atoms with E-state index in [1.165, 1.54) is 43.7 Å². The van der Waals surface area contributed by atoms with Crippen LogP contribution in [-0.2, 0) is 0 Å². The zero-order valence-electron chi connectivity index (χ0n) is 12.8. The van der Waals surface area contributed by atoms with Crippen LogP contribution in [0.1, 0.15) is 51.7 Å². The average Bonchev–Trinajstić information content (AvgIpc) is 2.93. The van der Waals surface area contributed by atoms with E-state index in [9.17, 15) is 10.1 Å². The van der Waals surface area contributed by atoms with Gasteiger partial charge in [-0.1, -0.05) is 33.1 Å². The van der Waals surface area contributed by atoms with Crippen molar-refractivity contribution in [3.8, 4) is 0 Å².